The van der Waals surface area contributed by atoms with Gasteiger partial charge in [0.2, 0.25) is 17.7 Å². The monoisotopic (exact) mass is 893 g/mol. The van der Waals surface area contributed by atoms with Gasteiger partial charge in [0.25, 0.3) is 5.56 Å². The van der Waals surface area contributed by atoms with E-state index in [4.69, 9.17) is 9.47 Å². The molecule has 1 fully saturated rings. The predicted molar refractivity (Wildman–Crippen MR) is 251 cm³/mol. The lowest BCUT2D eigenvalue weighted by molar-refractivity contribution is -0.144. The number of likely N-dealkylation sites (tertiary alicyclic amines) is 1. The van der Waals surface area contributed by atoms with Gasteiger partial charge in [0.1, 0.15) is 23.6 Å². The number of methoxy groups -OCH3 is 2. The highest BCUT2D eigenvalue weighted by Crippen LogP contribution is 2.38. The van der Waals surface area contributed by atoms with Gasteiger partial charge >= 0.3 is 0 Å². The largest absolute Gasteiger partial charge is 0.496 e. The molecule has 64 heavy (non-hydrogen) atoms. The van der Waals surface area contributed by atoms with Crippen LogP contribution in [0, 0.1) is 12.3 Å². The summed E-state index contributed by atoms with van der Waals surface area (Å²) in [5, 5.41) is 17.9. The van der Waals surface area contributed by atoms with Crippen LogP contribution in [0.5, 0.6) is 11.5 Å². The molecule has 15 heteroatoms. The Bertz CT molecular complexity index is 2450. The van der Waals surface area contributed by atoms with Crippen molar-refractivity contribution in [3.8, 4) is 33.1 Å². The number of nitrogens with zero attached hydrogens (tertiary/aromatic N) is 5. The van der Waals surface area contributed by atoms with Gasteiger partial charge in [0.15, 0.2) is 0 Å². The third-order valence-corrected chi connectivity index (χ3v) is 13.0. The lowest BCUT2D eigenvalue weighted by Crippen LogP contribution is -2.57. The number of aliphatic hydroxyl groups is 1. The van der Waals surface area contributed by atoms with E-state index in [2.05, 4.69) is 32.5 Å². The molecule has 342 valence electrons. The van der Waals surface area contributed by atoms with Crippen LogP contribution in [0.1, 0.15) is 82.5 Å². The quantitative estimate of drug-likeness (QED) is 0.0766. The standard InChI is InChI=1S/C49H63N7O7S/c1-31-44(64-30-52-31)33-17-15-32(16-18-33)25-51-46(59)40-24-35(57)27-56(40)48(61)45(49(2,3)4)53-43(58)14-12-10-9-11-13-21-54(5)28-39-41(62-7)22-34(23-42(39)63-8)38-29-55(6)47(60)37-26-50-20-19-36(37)38/h15-20,22-23,26,29-30,35,40,45,57H,9-14,21,24-25,27-28H2,1-8H3,(H,51,59)(H,53,58)/t35-,40+,45-/m1/s1. The fraction of sp³-hybridized carbons (Fsp3) is 0.469. The third-order valence-electron chi connectivity index (χ3n) is 12.0. The first kappa shape index (κ1) is 47.8. The van der Waals surface area contributed by atoms with Gasteiger partial charge < -0.3 is 39.6 Å². The first-order valence-electron chi connectivity index (χ1n) is 22.0. The zero-order chi connectivity index (χ0) is 46.1. The van der Waals surface area contributed by atoms with Gasteiger partial charge in [0, 0.05) is 63.7 Å². The Morgan fingerprint density at radius 3 is 2.33 bits per heavy atom. The number of amides is 3. The molecule has 0 radical (unpaired) electrons. The highest BCUT2D eigenvalue weighted by molar-refractivity contribution is 7.13. The van der Waals surface area contributed by atoms with Gasteiger partial charge in [-0.05, 0) is 79.0 Å². The summed E-state index contributed by atoms with van der Waals surface area (Å²) in [5.41, 5.74) is 6.73. The number of unbranched alkanes of at least 4 members (excludes halogenated alkanes) is 4. The summed E-state index contributed by atoms with van der Waals surface area (Å²) < 4.78 is 13.3. The number of rotatable bonds is 19. The maximum atomic E-state index is 14.1. The van der Waals surface area contributed by atoms with Crippen LogP contribution in [-0.2, 0) is 34.5 Å². The molecular formula is C49H63N7O7S. The Balaban J connectivity index is 0.948. The van der Waals surface area contributed by atoms with Crippen molar-refractivity contribution in [2.45, 2.75) is 104 Å². The molecule has 0 unspecified atom stereocenters. The Morgan fingerprint density at radius 1 is 0.984 bits per heavy atom. The van der Waals surface area contributed by atoms with Crippen molar-refractivity contribution >= 4 is 39.8 Å². The molecule has 3 atom stereocenters. The number of thiazole rings is 1. The van der Waals surface area contributed by atoms with Gasteiger partial charge in [-0.1, -0.05) is 64.3 Å². The highest BCUT2D eigenvalue weighted by Gasteiger charge is 2.44. The van der Waals surface area contributed by atoms with Crippen LogP contribution >= 0.6 is 11.3 Å². The molecular weight excluding hydrogens is 831 g/mol. The van der Waals surface area contributed by atoms with Gasteiger partial charge in [-0.15, -0.1) is 11.3 Å². The minimum absolute atomic E-state index is 0.0268. The number of aliphatic hydroxyl groups excluding tert-OH is 1. The molecule has 2 aromatic carbocycles. The Morgan fingerprint density at radius 2 is 1.67 bits per heavy atom. The first-order valence-corrected chi connectivity index (χ1v) is 22.9. The Hall–Kier alpha value is -5.64. The van der Waals surface area contributed by atoms with E-state index in [1.165, 1.54) is 4.90 Å². The van der Waals surface area contributed by atoms with Crippen molar-refractivity contribution in [3.05, 3.63) is 93.7 Å². The molecule has 3 amide bonds. The van der Waals surface area contributed by atoms with E-state index < -0.39 is 23.6 Å². The van der Waals surface area contributed by atoms with Crippen molar-refractivity contribution in [1.29, 1.82) is 0 Å². The van der Waals surface area contributed by atoms with Gasteiger partial charge in [-0.2, -0.15) is 0 Å². The number of fused-ring (bicyclic) bond motifs is 1. The second kappa shape index (κ2) is 21.4. The van der Waals surface area contributed by atoms with E-state index in [-0.39, 0.29) is 49.2 Å². The van der Waals surface area contributed by atoms with E-state index in [9.17, 15) is 24.3 Å². The third kappa shape index (κ3) is 11.5. The molecule has 0 spiro atoms. The number of ether oxygens (including phenoxy) is 2. The average molecular weight is 894 g/mol. The Labute approximate surface area is 380 Å². The normalized spacial score (nSPS) is 15.7. The predicted octanol–water partition coefficient (Wildman–Crippen LogP) is 6.63. The molecule has 4 heterocycles. The number of aryl methyl sites for hydroxylation is 2. The van der Waals surface area contributed by atoms with Crippen LogP contribution in [0.3, 0.4) is 0 Å². The van der Waals surface area contributed by atoms with Crippen molar-refractivity contribution in [2.75, 3.05) is 34.4 Å². The van der Waals surface area contributed by atoms with Crippen LogP contribution in [-0.4, -0.2) is 99.7 Å². The lowest BCUT2D eigenvalue weighted by atomic mass is 9.85. The fourth-order valence-electron chi connectivity index (χ4n) is 8.40. The summed E-state index contributed by atoms with van der Waals surface area (Å²) in [5.74, 6) is 0.488. The summed E-state index contributed by atoms with van der Waals surface area (Å²) in [6.45, 7) is 9.43. The maximum Gasteiger partial charge on any atom is 0.259 e. The molecule has 1 aliphatic rings. The second-order valence-electron chi connectivity index (χ2n) is 17.9. The number of β-amino-alcohol motifs (C(OH)–C–C–N with tert-alkyl or cyclic N) is 1. The molecule has 3 aromatic heterocycles. The minimum atomic E-state index is -0.863. The van der Waals surface area contributed by atoms with Gasteiger partial charge in [-0.3, -0.25) is 24.2 Å². The molecule has 1 saturated heterocycles. The molecule has 3 N–H and O–H groups in total. The summed E-state index contributed by atoms with van der Waals surface area (Å²) in [6, 6.07) is 12.1. The van der Waals surface area contributed by atoms with Crippen molar-refractivity contribution < 1.29 is 29.0 Å². The average Bonchev–Trinajstić information content (AvgIpc) is 3.90. The van der Waals surface area contributed by atoms with Crippen LogP contribution in [0.15, 0.2) is 71.4 Å². The number of carbonyl (C=O) groups is 3. The van der Waals surface area contributed by atoms with Crippen LogP contribution < -0.4 is 25.7 Å². The van der Waals surface area contributed by atoms with E-state index in [0.717, 1.165) is 76.0 Å². The summed E-state index contributed by atoms with van der Waals surface area (Å²) in [4.78, 5) is 66.8. The van der Waals surface area contributed by atoms with Gasteiger partial charge in [0.05, 0.1) is 47.4 Å². The van der Waals surface area contributed by atoms with E-state index >= 15 is 0 Å². The van der Waals surface area contributed by atoms with Crippen LogP contribution in [0.4, 0.5) is 0 Å². The first-order chi connectivity index (χ1) is 30.6. The number of nitrogens with one attached hydrogen (secondary N) is 2. The van der Waals surface area contributed by atoms with Crippen molar-refractivity contribution in [1.82, 2.24) is 35.0 Å². The molecule has 14 nitrogen and oxygen atoms in total. The number of aromatic nitrogens is 3. The summed E-state index contributed by atoms with van der Waals surface area (Å²) in [7, 11) is 7.10. The van der Waals surface area contributed by atoms with E-state index in [1.807, 2.05) is 81.9 Å². The zero-order valence-corrected chi connectivity index (χ0v) is 39.2. The highest BCUT2D eigenvalue weighted by atomic mass is 32.1. The minimum Gasteiger partial charge on any atom is -0.496 e. The molecule has 0 saturated carbocycles. The SMILES string of the molecule is COc1cc(-c2cn(C)c(=O)c3cnccc23)cc(OC)c1CN(C)CCCCCCCC(=O)N[C@H](C(=O)N1C[C@H](O)C[C@H]1C(=O)NCc1ccc(-c2scnc2C)cc1)C(C)(C)C. The molecule has 5 aromatic rings. The van der Waals surface area contributed by atoms with E-state index in [1.54, 1.807) is 49.6 Å². The second-order valence-corrected chi connectivity index (χ2v) is 18.8. The smallest absolute Gasteiger partial charge is 0.259 e. The zero-order valence-electron chi connectivity index (χ0n) is 38.4. The number of carbonyl (C=O) groups excluding carboxylic acids is 3. The maximum absolute atomic E-state index is 14.1. The van der Waals surface area contributed by atoms with E-state index in [0.29, 0.717) is 29.9 Å². The summed E-state index contributed by atoms with van der Waals surface area (Å²) in [6.07, 6.45) is 9.18. The number of pyridine rings is 2. The molecule has 6 rings (SSSR count). The Kier molecular flexibility index (Phi) is 16.0. The number of hydrogen-bond donors (Lipinski definition) is 3. The van der Waals surface area contributed by atoms with Crippen LogP contribution in [0.25, 0.3) is 32.3 Å². The van der Waals surface area contributed by atoms with Crippen molar-refractivity contribution in [2.24, 2.45) is 12.5 Å². The fourth-order valence-corrected chi connectivity index (χ4v) is 9.21. The number of benzene rings is 2. The van der Waals surface area contributed by atoms with Gasteiger partial charge in [-0.25, -0.2) is 4.98 Å². The molecule has 0 bridgehead atoms. The molecule has 0 aliphatic carbocycles. The molecule has 1 aliphatic heterocycles. The topological polar surface area (TPSA) is 168 Å². The van der Waals surface area contributed by atoms with Crippen LogP contribution in [0.2, 0.25) is 0 Å². The lowest BCUT2D eigenvalue weighted by Gasteiger charge is -2.35. The summed E-state index contributed by atoms with van der Waals surface area (Å²) >= 11 is 1.58. The number of hydrogen-bond acceptors (Lipinski definition) is 11. The van der Waals surface area contributed by atoms with Crippen molar-refractivity contribution in [3.63, 3.8) is 0 Å².